The van der Waals surface area contributed by atoms with E-state index in [1.165, 1.54) is 0 Å². The Balaban J connectivity index is 1.89. The highest BCUT2D eigenvalue weighted by atomic mass is 16.5. The number of aryl methyl sites for hydroxylation is 1. The van der Waals surface area contributed by atoms with Crippen LogP contribution in [-0.2, 0) is 13.1 Å². The summed E-state index contributed by atoms with van der Waals surface area (Å²) in [6.45, 7) is 3.40. The molecule has 1 heterocycles. The van der Waals surface area contributed by atoms with Crippen molar-refractivity contribution in [3.63, 3.8) is 0 Å². The first-order chi connectivity index (χ1) is 9.61. The van der Waals surface area contributed by atoms with E-state index in [1.807, 2.05) is 6.92 Å². The maximum atomic E-state index is 11.8. The minimum atomic E-state index is -1.48. The number of rotatable bonds is 6. The highest BCUT2D eigenvalue weighted by Gasteiger charge is 2.09. The van der Waals surface area contributed by atoms with Gasteiger partial charge in [-0.25, -0.2) is 4.79 Å². The molecule has 0 saturated carbocycles. The molecule has 2 rings (SSSR count). The van der Waals surface area contributed by atoms with E-state index >= 15 is 0 Å². The second kappa shape index (κ2) is 6.45. The molecule has 0 saturated heterocycles. The molecule has 0 fully saturated rings. The third kappa shape index (κ3) is 3.31. The summed E-state index contributed by atoms with van der Waals surface area (Å²) in [5.41, 5.74) is 0.364. The van der Waals surface area contributed by atoms with Crippen LogP contribution in [-0.4, -0.2) is 32.9 Å². The molecule has 2 N–H and O–H groups in total. The lowest BCUT2D eigenvalue weighted by Crippen LogP contribution is -2.29. The molecule has 2 aromatic rings. The molecule has 0 spiro atoms. The maximum absolute atomic E-state index is 11.8. The van der Waals surface area contributed by atoms with Crippen LogP contribution in [0.3, 0.4) is 0 Å². The van der Waals surface area contributed by atoms with E-state index in [2.05, 4.69) is 0 Å². The summed E-state index contributed by atoms with van der Waals surface area (Å²) in [7, 11) is -1.48. The van der Waals surface area contributed by atoms with Crippen LogP contribution < -0.4 is 15.9 Å². The molecule has 20 heavy (non-hydrogen) atoms. The molecule has 0 bridgehead atoms. The first-order valence-electron chi connectivity index (χ1n) is 6.46. The number of ether oxygens (including phenoxy) is 1. The van der Waals surface area contributed by atoms with Crippen LogP contribution in [0.5, 0.6) is 5.75 Å². The zero-order valence-electron chi connectivity index (χ0n) is 11.3. The van der Waals surface area contributed by atoms with Crippen molar-refractivity contribution in [2.75, 3.05) is 6.61 Å². The summed E-state index contributed by atoms with van der Waals surface area (Å²) >= 11 is 0. The summed E-state index contributed by atoms with van der Waals surface area (Å²) in [4.78, 5) is 11.8. The quantitative estimate of drug-likeness (QED) is 0.693. The van der Waals surface area contributed by atoms with Gasteiger partial charge in [0.1, 0.15) is 12.4 Å². The van der Waals surface area contributed by atoms with E-state index in [9.17, 15) is 4.79 Å². The lowest BCUT2D eigenvalue weighted by Gasteiger charge is -2.07. The van der Waals surface area contributed by atoms with E-state index in [1.54, 1.807) is 45.8 Å². The Morgan fingerprint density at radius 2 is 1.80 bits per heavy atom. The van der Waals surface area contributed by atoms with Crippen molar-refractivity contribution in [3.8, 4) is 5.75 Å². The van der Waals surface area contributed by atoms with E-state index in [-0.39, 0.29) is 5.69 Å². The molecule has 7 heteroatoms. The Morgan fingerprint density at radius 3 is 2.35 bits per heavy atom. The zero-order chi connectivity index (χ0) is 14.5. The van der Waals surface area contributed by atoms with Crippen LogP contribution >= 0.6 is 0 Å². The first-order valence-corrected chi connectivity index (χ1v) is 6.46. The maximum Gasteiger partial charge on any atom is 0.488 e. The molecule has 106 valence electrons. The highest BCUT2D eigenvalue weighted by molar-refractivity contribution is 6.58. The molecular weight excluding hydrogens is 259 g/mol. The fourth-order valence-electron chi connectivity index (χ4n) is 1.86. The number of hydrogen-bond donors (Lipinski definition) is 2. The van der Waals surface area contributed by atoms with Crippen molar-refractivity contribution in [3.05, 3.63) is 47.1 Å². The molecule has 0 radical (unpaired) electrons. The Labute approximate surface area is 117 Å². The molecule has 1 aromatic heterocycles. The molecule has 6 nitrogen and oxygen atoms in total. The Hall–Kier alpha value is -1.99. The van der Waals surface area contributed by atoms with Gasteiger partial charge in [-0.2, -0.15) is 0 Å². The molecular formula is C13H17BN2O4. The van der Waals surface area contributed by atoms with Gasteiger partial charge in [0.2, 0.25) is 0 Å². The van der Waals surface area contributed by atoms with Gasteiger partial charge in [-0.3, -0.25) is 9.13 Å². The molecule has 0 atom stereocenters. The number of benzene rings is 1. The molecule has 0 unspecified atom stereocenters. The lowest BCUT2D eigenvalue weighted by atomic mass is 9.80. The summed E-state index contributed by atoms with van der Waals surface area (Å²) in [6, 6.07) is 6.49. The normalized spacial score (nSPS) is 10.6. The Kier molecular flexibility index (Phi) is 4.65. The van der Waals surface area contributed by atoms with Crippen LogP contribution in [0.1, 0.15) is 6.92 Å². The largest absolute Gasteiger partial charge is 0.492 e. The summed E-state index contributed by atoms with van der Waals surface area (Å²) in [5.74, 6) is 0.623. The second-order valence-electron chi connectivity index (χ2n) is 4.35. The monoisotopic (exact) mass is 276 g/mol. The number of nitrogens with zero attached hydrogens (tertiary/aromatic N) is 2. The van der Waals surface area contributed by atoms with Gasteiger partial charge in [-0.05, 0) is 24.5 Å². The van der Waals surface area contributed by atoms with Crippen LogP contribution in [0.4, 0.5) is 0 Å². The number of hydrogen-bond acceptors (Lipinski definition) is 4. The van der Waals surface area contributed by atoms with Crippen molar-refractivity contribution < 1.29 is 14.8 Å². The van der Waals surface area contributed by atoms with Crippen molar-refractivity contribution in [1.29, 1.82) is 0 Å². The minimum Gasteiger partial charge on any atom is -0.492 e. The fraction of sp³-hybridized carbons (Fsp3) is 0.308. The van der Waals surface area contributed by atoms with Crippen LogP contribution in [0.2, 0.25) is 0 Å². The third-order valence-corrected chi connectivity index (χ3v) is 3.04. The van der Waals surface area contributed by atoms with Crippen molar-refractivity contribution in [1.82, 2.24) is 9.13 Å². The predicted molar refractivity (Wildman–Crippen MR) is 76.1 cm³/mol. The lowest BCUT2D eigenvalue weighted by molar-refractivity contribution is 0.296. The summed E-state index contributed by atoms with van der Waals surface area (Å²) < 4.78 is 8.73. The van der Waals surface area contributed by atoms with E-state index in [0.717, 1.165) is 0 Å². The number of imidazole rings is 1. The second-order valence-corrected chi connectivity index (χ2v) is 4.35. The van der Waals surface area contributed by atoms with Crippen molar-refractivity contribution >= 4 is 12.6 Å². The van der Waals surface area contributed by atoms with Gasteiger partial charge in [-0.1, -0.05) is 12.1 Å². The Morgan fingerprint density at radius 1 is 1.15 bits per heavy atom. The summed E-state index contributed by atoms with van der Waals surface area (Å²) in [6.07, 6.45) is 3.49. The smallest absolute Gasteiger partial charge is 0.488 e. The van der Waals surface area contributed by atoms with Gasteiger partial charge >= 0.3 is 12.8 Å². The van der Waals surface area contributed by atoms with Crippen molar-refractivity contribution in [2.45, 2.75) is 20.0 Å². The van der Waals surface area contributed by atoms with Gasteiger partial charge in [0.05, 0.1) is 6.54 Å². The summed E-state index contributed by atoms with van der Waals surface area (Å²) in [5, 5.41) is 17.9. The van der Waals surface area contributed by atoms with Gasteiger partial charge in [0.25, 0.3) is 0 Å². The third-order valence-electron chi connectivity index (χ3n) is 3.04. The van der Waals surface area contributed by atoms with Gasteiger partial charge in [0.15, 0.2) is 0 Å². The SMILES string of the molecule is CCn1ccn(CCOc2ccc(B(O)O)cc2)c1=O. The standard InChI is InChI=1S/C13H17BN2O4/c1-2-15-7-8-16(13(15)17)9-10-20-12-5-3-11(4-6-12)14(18)19/h3-8,18-19H,2,9-10H2,1H3. The molecule has 0 aliphatic rings. The molecule has 1 aromatic carbocycles. The van der Waals surface area contributed by atoms with Gasteiger partial charge in [-0.15, -0.1) is 0 Å². The van der Waals surface area contributed by atoms with E-state index in [4.69, 9.17) is 14.8 Å². The van der Waals surface area contributed by atoms with Gasteiger partial charge in [0, 0.05) is 18.9 Å². The van der Waals surface area contributed by atoms with Crippen LogP contribution in [0.15, 0.2) is 41.5 Å². The zero-order valence-corrected chi connectivity index (χ0v) is 11.3. The Bertz CT molecular complexity index is 604. The van der Waals surface area contributed by atoms with E-state index in [0.29, 0.717) is 30.9 Å². The molecule has 0 amide bonds. The highest BCUT2D eigenvalue weighted by Crippen LogP contribution is 2.07. The van der Waals surface area contributed by atoms with Crippen LogP contribution in [0, 0.1) is 0 Å². The number of aromatic nitrogens is 2. The average Bonchev–Trinajstić information content (AvgIpc) is 2.80. The molecule has 0 aliphatic carbocycles. The fourth-order valence-corrected chi connectivity index (χ4v) is 1.86. The predicted octanol–water partition coefficient (Wildman–Crippen LogP) is -0.572. The topological polar surface area (TPSA) is 76.6 Å². The van der Waals surface area contributed by atoms with Crippen molar-refractivity contribution in [2.24, 2.45) is 0 Å². The van der Waals surface area contributed by atoms with Crippen LogP contribution in [0.25, 0.3) is 0 Å². The van der Waals surface area contributed by atoms with Gasteiger partial charge < -0.3 is 14.8 Å². The molecule has 0 aliphatic heterocycles. The minimum absolute atomic E-state index is 0.0464. The first kappa shape index (κ1) is 14.4. The average molecular weight is 276 g/mol. The van der Waals surface area contributed by atoms with E-state index < -0.39 is 7.12 Å².